The number of anilines is 1. The Bertz CT molecular complexity index is 946. The van der Waals surface area contributed by atoms with Crippen LogP contribution in [0.3, 0.4) is 0 Å². The fourth-order valence-corrected chi connectivity index (χ4v) is 4.15. The van der Waals surface area contributed by atoms with Crippen molar-refractivity contribution >= 4 is 29.7 Å². The van der Waals surface area contributed by atoms with E-state index in [1.165, 1.54) is 5.69 Å². The SMILES string of the molecule is CC(C)(C)n1nnnc1C(c1ccccc1Cl)N1CCN(c2ccccc2)CC1.Cl. The minimum atomic E-state index is -0.218. The van der Waals surface area contributed by atoms with Crippen molar-refractivity contribution in [3.05, 3.63) is 71.0 Å². The molecule has 1 saturated heterocycles. The molecule has 2 heterocycles. The number of nitrogens with zero attached hydrogens (tertiary/aromatic N) is 6. The number of hydrogen-bond acceptors (Lipinski definition) is 5. The van der Waals surface area contributed by atoms with Gasteiger partial charge in [-0.25, -0.2) is 4.68 Å². The Morgan fingerprint density at radius 1 is 0.900 bits per heavy atom. The molecule has 0 N–H and O–H groups in total. The predicted molar refractivity (Wildman–Crippen MR) is 124 cm³/mol. The largest absolute Gasteiger partial charge is 0.369 e. The van der Waals surface area contributed by atoms with E-state index in [9.17, 15) is 0 Å². The van der Waals surface area contributed by atoms with Gasteiger partial charge in [-0.15, -0.1) is 17.5 Å². The molecule has 3 aromatic rings. The molecular weight excluding hydrogens is 419 g/mol. The highest BCUT2D eigenvalue weighted by molar-refractivity contribution is 6.31. The van der Waals surface area contributed by atoms with Crippen LogP contribution in [-0.2, 0) is 5.54 Å². The van der Waals surface area contributed by atoms with Crippen molar-refractivity contribution in [1.29, 1.82) is 0 Å². The highest BCUT2D eigenvalue weighted by Crippen LogP contribution is 2.34. The van der Waals surface area contributed by atoms with Crippen LogP contribution in [0.1, 0.15) is 38.2 Å². The molecule has 0 radical (unpaired) electrons. The van der Waals surface area contributed by atoms with Gasteiger partial charge in [0, 0.05) is 36.9 Å². The first-order valence-corrected chi connectivity index (χ1v) is 10.4. The highest BCUT2D eigenvalue weighted by atomic mass is 35.5. The maximum atomic E-state index is 6.63. The molecule has 0 amide bonds. The molecule has 160 valence electrons. The molecule has 30 heavy (non-hydrogen) atoms. The first kappa shape index (κ1) is 22.5. The summed E-state index contributed by atoms with van der Waals surface area (Å²) in [6, 6.07) is 18.5. The molecular formula is C22H28Cl2N6. The molecule has 2 aromatic carbocycles. The molecule has 1 aromatic heterocycles. The molecule has 0 bridgehead atoms. The maximum absolute atomic E-state index is 6.63. The second kappa shape index (κ2) is 9.33. The molecule has 0 saturated carbocycles. The normalized spacial score (nSPS) is 16.2. The van der Waals surface area contributed by atoms with E-state index in [1.807, 2.05) is 22.9 Å². The number of piperazine rings is 1. The summed E-state index contributed by atoms with van der Waals surface area (Å²) in [7, 11) is 0. The van der Waals surface area contributed by atoms with Crippen molar-refractivity contribution in [2.45, 2.75) is 32.4 Å². The molecule has 0 spiro atoms. The van der Waals surface area contributed by atoms with Gasteiger partial charge in [0.2, 0.25) is 0 Å². The summed E-state index contributed by atoms with van der Waals surface area (Å²) < 4.78 is 1.92. The number of halogens is 2. The lowest BCUT2D eigenvalue weighted by Crippen LogP contribution is -2.48. The van der Waals surface area contributed by atoms with Crippen LogP contribution in [-0.4, -0.2) is 51.3 Å². The number of hydrogen-bond donors (Lipinski definition) is 0. The van der Waals surface area contributed by atoms with E-state index in [4.69, 9.17) is 11.6 Å². The number of tetrazole rings is 1. The lowest BCUT2D eigenvalue weighted by Gasteiger charge is -2.40. The fourth-order valence-electron chi connectivity index (χ4n) is 3.92. The van der Waals surface area contributed by atoms with Crippen molar-refractivity contribution < 1.29 is 0 Å². The van der Waals surface area contributed by atoms with Gasteiger partial charge in [0.05, 0.1) is 11.6 Å². The third kappa shape index (κ3) is 4.61. The van der Waals surface area contributed by atoms with Crippen LogP contribution in [0.2, 0.25) is 5.02 Å². The molecule has 1 atom stereocenters. The standard InChI is InChI=1S/C22H27ClN6.ClH/c1-22(2,3)29-21(24-25-26-29)20(18-11-7-8-12-19(18)23)28-15-13-27(14-16-28)17-9-5-4-6-10-17;/h4-12,20H,13-16H2,1-3H3;1H. The molecule has 1 unspecified atom stereocenters. The first-order chi connectivity index (χ1) is 13.9. The summed E-state index contributed by atoms with van der Waals surface area (Å²) >= 11 is 6.63. The predicted octanol–water partition coefficient (Wildman–Crippen LogP) is 4.41. The summed E-state index contributed by atoms with van der Waals surface area (Å²) in [6.07, 6.45) is 0. The lowest BCUT2D eigenvalue weighted by molar-refractivity contribution is 0.191. The molecule has 6 nitrogen and oxygen atoms in total. The van der Waals surface area contributed by atoms with Crippen LogP contribution in [0, 0.1) is 0 Å². The van der Waals surface area contributed by atoms with Crippen LogP contribution in [0.15, 0.2) is 54.6 Å². The highest BCUT2D eigenvalue weighted by Gasteiger charge is 2.34. The van der Waals surface area contributed by atoms with Gasteiger partial charge in [-0.2, -0.15) is 0 Å². The molecule has 1 aliphatic heterocycles. The molecule has 1 fully saturated rings. The molecule has 1 aliphatic rings. The molecule has 8 heteroatoms. The van der Waals surface area contributed by atoms with E-state index in [2.05, 4.69) is 82.5 Å². The number of aromatic nitrogens is 4. The Balaban J connectivity index is 0.00000256. The monoisotopic (exact) mass is 446 g/mol. The van der Waals surface area contributed by atoms with Gasteiger partial charge in [0.25, 0.3) is 0 Å². The topological polar surface area (TPSA) is 50.1 Å². The van der Waals surface area contributed by atoms with Crippen molar-refractivity contribution in [3.63, 3.8) is 0 Å². The van der Waals surface area contributed by atoms with E-state index < -0.39 is 0 Å². The van der Waals surface area contributed by atoms with Gasteiger partial charge in [0.1, 0.15) is 0 Å². The zero-order chi connectivity index (χ0) is 20.4. The average Bonchev–Trinajstić information content (AvgIpc) is 3.21. The smallest absolute Gasteiger partial charge is 0.173 e. The van der Waals surface area contributed by atoms with Crippen molar-refractivity contribution in [2.75, 3.05) is 31.1 Å². The Morgan fingerprint density at radius 3 is 2.17 bits per heavy atom. The van der Waals surface area contributed by atoms with Gasteiger partial charge in [-0.3, -0.25) is 4.90 Å². The van der Waals surface area contributed by atoms with Crippen LogP contribution < -0.4 is 4.90 Å². The summed E-state index contributed by atoms with van der Waals surface area (Å²) in [5.74, 6) is 0.832. The first-order valence-electron chi connectivity index (χ1n) is 10.0. The number of para-hydroxylation sites is 1. The van der Waals surface area contributed by atoms with Crippen LogP contribution in [0.25, 0.3) is 0 Å². The van der Waals surface area contributed by atoms with E-state index in [0.717, 1.165) is 42.6 Å². The lowest BCUT2D eigenvalue weighted by atomic mass is 10.0. The Kier molecular flexibility index (Phi) is 7.01. The number of rotatable bonds is 4. The average molecular weight is 447 g/mol. The van der Waals surface area contributed by atoms with Crippen LogP contribution in [0.4, 0.5) is 5.69 Å². The van der Waals surface area contributed by atoms with E-state index in [-0.39, 0.29) is 24.0 Å². The zero-order valence-corrected chi connectivity index (χ0v) is 19.1. The Hall–Kier alpha value is -2.15. The van der Waals surface area contributed by atoms with Crippen LogP contribution >= 0.6 is 24.0 Å². The Morgan fingerprint density at radius 2 is 1.53 bits per heavy atom. The van der Waals surface area contributed by atoms with Crippen LogP contribution in [0.5, 0.6) is 0 Å². The second-order valence-corrected chi connectivity index (χ2v) is 8.81. The minimum absolute atomic E-state index is 0. The zero-order valence-electron chi connectivity index (χ0n) is 17.6. The van der Waals surface area contributed by atoms with Crippen molar-refractivity contribution in [1.82, 2.24) is 25.1 Å². The van der Waals surface area contributed by atoms with Gasteiger partial charge in [-0.1, -0.05) is 48.0 Å². The summed E-state index contributed by atoms with van der Waals surface area (Å²) in [5.41, 5.74) is 2.09. The molecule has 0 aliphatic carbocycles. The third-order valence-electron chi connectivity index (χ3n) is 5.37. The summed E-state index contributed by atoms with van der Waals surface area (Å²) in [5, 5.41) is 13.5. The summed E-state index contributed by atoms with van der Waals surface area (Å²) in [4.78, 5) is 4.86. The van der Waals surface area contributed by atoms with Crippen molar-refractivity contribution in [3.8, 4) is 0 Å². The summed E-state index contributed by atoms with van der Waals surface area (Å²) in [6.45, 7) is 10.0. The Labute approximate surface area is 189 Å². The van der Waals surface area contributed by atoms with Gasteiger partial charge < -0.3 is 4.90 Å². The molecule has 4 rings (SSSR count). The fraction of sp³-hybridized carbons (Fsp3) is 0.409. The van der Waals surface area contributed by atoms with E-state index >= 15 is 0 Å². The third-order valence-corrected chi connectivity index (χ3v) is 5.72. The second-order valence-electron chi connectivity index (χ2n) is 8.40. The van der Waals surface area contributed by atoms with Gasteiger partial charge >= 0.3 is 0 Å². The van der Waals surface area contributed by atoms with E-state index in [0.29, 0.717) is 0 Å². The maximum Gasteiger partial charge on any atom is 0.173 e. The number of benzene rings is 2. The minimum Gasteiger partial charge on any atom is -0.369 e. The van der Waals surface area contributed by atoms with Crippen molar-refractivity contribution in [2.24, 2.45) is 0 Å². The van der Waals surface area contributed by atoms with Gasteiger partial charge in [-0.05, 0) is 55.0 Å². The van der Waals surface area contributed by atoms with E-state index in [1.54, 1.807) is 0 Å². The van der Waals surface area contributed by atoms with Gasteiger partial charge in [0.15, 0.2) is 5.82 Å². The quantitative estimate of drug-likeness (QED) is 0.593.